The largest absolute Gasteiger partial charge is 0.377 e. The molecule has 1 rings (SSSR count). The van der Waals surface area contributed by atoms with Gasteiger partial charge in [0.25, 0.3) is 0 Å². The highest BCUT2D eigenvalue weighted by atomic mass is 16.5. The van der Waals surface area contributed by atoms with Gasteiger partial charge in [-0.3, -0.25) is 11.3 Å². The van der Waals surface area contributed by atoms with Crippen molar-refractivity contribution >= 4 is 0 Å². The Kier molecular flexibility index (Phi) is 4.75. The second-order valence-electron chi connectivity index (χ2n) is 3.72. The van der Waals surface area contributed by atoms with Gasteiger partial charge in [-0.1, -0.05) is 29.8 Å². The second kappa shape index (κ2) is 5.85. The summed E-state index contributed by atoms with van der Waals surface area (Å²) in [5.74, 6) is 5.54. The first-order valence-electron chi connectivity index (χ1n) is 5.33. The SMILES string of the molecule is CCOC(C)C(NN)c1ccc(C)cc1. The van der Waals surface area contributed by atoms with Crippen LogP contribution in [0.3, 0.4) is 0 Å². The molecule has 1 aromatic carbocycles. The molecule has 0 saturated heterocycles. The van der Waals surface area contributed by atoms with Gasteiger partial charge in [-0.2, -0.15) is 0 Å². The van der Waals surface area contributed by atoms with E-state index in [2.05, 4.69) is 36.6 Å². The van der Waals surface area contributed by atoms with E-state index in [0.717, 1.165) is 5.56 Å². The molecular formula is C12H20N2O. The van der Waals surface area contributed by atoms with Crippen LogP contribution in [0, 0.1) is 6.92 Å². The molecule has 84 valence electrons. The van der Waals surface area contributed by atoms with Crippen molar-refractivity contribution in [3.63, 3.8) is 0 Å². The summed E-state index contributed by atoms with van der Waals surface area (Å²) in [4.78, 5) is 0. The zero-order valence-corrected chi connectivity index (χ0v) is 9.66. The highest BCUT2D eigenvalue weighted by Gasteiger charge is 2.17. The maximum absolute atomic E-state index is 5.54. The van der Waals surface area contributed by atoms with Gasteiger partial charge in [0.1, 0.15) is 0 Å². The number of hydrazine groups is 1. The van der Waals surface area contributed by atoms with Crippen LogP contribution < -0.4 is 11.3 Å². The van der Waals surface area contributed by atoms with E-state index >= 15 is 0 Å². The molecule has 0 aliphatic heterocycles. The minimum Gasteiger partial charge on any atom is -0.377 e. The van der Waals surface area contributed by atoms with Gasteiger partial charge in [0, 0.05) is 6.61 Å². The number of aryl methyl sites for hydroxylation is 1. The molecule has 15 heavy (non-hydrogen) atoms. The van der Waals surface area contributed by atoms with E-state index in [9.17, 15) is 0 Å². The minimum atomic E-state index is 0.0468. The number of hydrogen-bond donors (Lipinski definition) is 2. The fourth-order valence-electron chi connectivity index (χ4n) is 1.64. The average Bonchev–Trinajstić information content (AvgIpc) is 2.22. The topological polar surface area (TPSA) is 47.3 Å². The molecule has 2 unspecified atom stereocenters. The van der Waals surface area contributed by atoms with Crippen molar-refractivity contribution in [2.45, 2.75) is 32.9 Å². The first kappa shape index (κ1) is 12.2. The molecule has 3 nitrogen and oxygen atoms in total. The molecule has 0 fully saturated rings. The van der Waals surface area contributed by atoms with E-state index in [-0.39, 0.29) is 12.1 Å². The lowest BCUT2D eigenvalue weighted by molar-refractivity contribution is 0.0472. The third kappa shape index (κ3) is 3.30. The number of nitrogens with one attached hydrogen (secondary N) is 1. The standard InChI is InChI=1S/C12H20N2O/c1-4-15-10(3)12(14-13)11-7-5-9(2)6-8-11/h5-8,10,12,14H,4,13H2,1-3H3. The molecule has 0 aromatic heterocycles. The van der Waals surface area contributed by atoms with Gasteiger partial charge in [0.2, 0.25) is 0 Å². The first-order chi connectivity index (χ1) is 7.19. The Bertz CT molecular complexity index is 284. The van der Waals surface area contributed by atoms with Crippen molar-refractivity contribution in [1.29, 1.82) is 0 Å². The molecule has 0 aliphatic carbocycles. The molecule has 0 spiro atoms. The molecule has 3 heteroatoms. The van der Waals surface area contributed by atoms with Crippen molar-refractivity contribution < 1.29 is 4.74 Å². The number of hydrogen-bond acceptors (Lipinski definition) is 3. The van der Waals surface area contributed by atoms with Gasteiger partial charge in [-0.15, -0.1) is 0 Å². The quantitative estimate of drug-likeness (QED) is 0.574. The molecule has 0 radical (unpaired) electrons. The van der Waals surface area contributed by atoms with Crippen molar-refractivity contribution in [2.75, 3.05) is 6.61 Å². The molecule has 0 aliphatic rings. The lowest BCUT2D eigenvalue weighted by Gasteiger charge is -2.23. The predicted molar refractivity (Wildman–Crippen MR) is 62.3 cm³/mol. The average molecular weight is 208 g/mol. The minimum absolute atomic E-state index is 0.0468. The van der Waals surface area contributed by atoms with Crippen LogP contribution in [0.1, 0.15) is 31.0 Å². The summed E-state index contributed by atoms with van der Waals surface area (Å²) in [7, 11) is 0. The number of benzene rings is 1. The second-order valence-corrected chi connectivity index (χ2v) is 3.72. The number of rotatable bonds is 5. The predicted octanol–water partition coefficient (Wildman–Crippen LogP) is 1.92. The van der Waals surface area contributed by atoms with Crippen LogP contribution in [0.4, 0.5) is 0 Å². The smallest absolute Gasteiger partial charge is 0.0754 e. The van der Waals surface area contributed by atoms with Crippen molar-refractivity contribution in [2.24, 2.45) is 5.84 Å². The maximum atomic E-state index is 5.54. The summed E-state index contributed by atoms with van der Waals surface area (Å²) in [5.41, 5.74) is 5.20. The normalized spacial score (nSPS) is 14.9. The lowest BCUT2D eigenvalue weighted by Crippen LogP contribution is -2.36. The van der Waals surface area contributed by atoms with Crippen LogP contribution in [-0.4, -0.2) is 12.7 Å². The van der Waals surface area contributed by atoms with Crippen LogP contribution in [0.25, 0.3) is 0 Å². The van der Waals surface area contributed by atoms with E-state index in [1.54, 1.807) is 0 Å². The van der Waals surface area contributed by atoms with E-state index in [0.29, 0.717) is 6.61 Å². The van der Waals surface area contributed by atoms with Gasteiger partial charge in [-0.25, -0.2) is 0 Å². The molecular weight excluding hydrogens is 188 g/mol. The third-order valence-corrected chi connectivity index (χ3v) is 2.51. The molecule has 0 saturated carbocycles. The lowest BCUT2D eigenvalue weighted by atomic mass is 10.0. The Morgan fingerprint density at radius 3 is 2.40 bits per heavy atom. The highest BCUT2D eigenvalue weighted by molar-refractivity contribution is 5.24. The molecule has 0 amide bonds. The molecule has 2 atom stereocenters. The summed E-state index contributed by atoms with van der Waals surface area (Å²) in [6.45, 7) is 6.78. The number of ether oxygens (including phenoxy) is 1. The Hall–Kier alpha value is -0.900. The Balaban J connectivity index is 2.77. The van der Waals surface area contributed by atoms with Crippen molar-refractivity contribution in [3.8, 4) is 0 Å². The highest BCUT2D eigenvalue weighted by Crippen LogP contribution is 2.18. The summed E-state index contributed by atoms with van der Waals surface area (Å²) in [5, 5.41) is 0. The van der Waals surface area contributed by atoms with Gasteiger partial charge in [0.05, 0.1) is 12.1 Å². The van der Waals surface area contributed by atoms with Gasteiger partial charge >= 0.3 is 0 Å². The molecule has 3 N–H and O–H groups in total. The van der Waals surface area contributed by atoms with Gasteiger partial charge < -0.3 is 4.74 Å². The Morgan fingerprint density at radius 2 is 1.93 bits per heavy atom. The van der Waals surface area contributed by atoms with E-state index in [1.807, 2.05) is 13.8 Å². The van der Waals surface area contributed by atoms with Crippen LogP contribution >= 0.6 is 0 Å². The fourth-order valence-corrected chi connectivity index (χ4v) is 1.64. The zero-order valence-electron chi connectivity index (χ0n) is 9.66. The van der Waals surface area contributed by atoms with Crippen LogP contribution in [0.15, 0.2) is 24.3 Å². The van der Waals surface area contributed by atoms with E-state index in [1.165, 1.54) is 5.56 Å². The first-order valence-corrected chi connectivity index (χ1v) is 5.33. The van der Waals surface area contributed by atoms with Gasteiger partial charge in [0.15, 0.2) is 0 Å². The van der Waals surface area contributed by atoms with Crippen LogP contribution in [0.2, 0.25) is 0 Å². The summed E-state index contributed by atoms with van der Waals surface area (Å²) >= 11 is 0. The van der Waals surface area contributed by atoms with E-state index in [4.69, 9.17) is 10.6 Å². The van der Waals surface area contributed by atoms with Crippen LogP contribution in [0.5, 0.6) is 0 Å². The van der Waals surface area contributed by atoms with Gasteiger partial charge in [-0.05, 0) is 26.3 Å². The molecule has 1 aromatic rings. The maximum Gasteiger partial charge on any atom is 0.0754 e. The summed E-state index contributed by atoms with van der Waals surface area (Å²) < 4.78 is 5.54. The molecule has 0 bridgehead atoms. The summed E-state index contributed by atoms with van der Waals surface area (Å²) in [6.07, 6.45) is 0.0720. The van der Waals surface area contributed by atoms with Crippen molar-refractivity contribution in [1.82, 2.24) is 5.43 Å². The van der Waals surface area contributed by atoms with E-state index < -0.39 is 0 Å². The fraction of sp³-hybridized carbons (Fsp3) is 0.500. The van der Waals surface area contributed by atoms with Crippen LogP contribution in [-0.2, 0) is 4.74 Å². The number of nitrogens with two attached hydrogens (primary N) is 1. The zero-order chi connectivity index (χ0) is 11.3. The van der Waals surface area contributed by atoms with Crippen molar-refractivity contribution in [3.05, 3.63) is 35.4 Å². The Morgan fingerprint density at radius 1 is 1.33 bits per heavy atom. The Labute approximate surface area is 91.6 Å². The third-order valence-electron chi connectivity index (χ3n) is 2.51. The monoisotopic (exact) mass is 208 g/mol. The molecule has 0 heterocycles. The summed E-state index contributed by atoms with van der Waals surface area (Å²) in [6, 6.07) is 8.37.